The lowest BCUT2D eigenvalue weighted by Gasteiger charge is -2.19. The molecule has 1 rings (SSSR count). The van der Waals surface area contributed by atoms with E-state index in [9.17, 15) is 0 Å². The average Bonchev–Trinajstić information content (AvgIpc) is 2.72. The number of nitrogens with zero attached hydrogens (tertiary/aromatic N) is 1. The summed E-state index contributed by atoms with van der Waals surface area (Å²) < 4.78 is 0.879. The van der Waals surface area contributed by atoms with Crippen molar-refractivity contribution in [2.24, 2.45) is 5.92 Å². The van der Waals surface area contributed by atoms with E-state index in [-0.39, 0.29) is 0 Å². The summed E-state index contributed by atoms with van der Waals surface area (Å²) in [5, 5.41) is 3.60. The van der Waals surface area contributed by atoms with Crippen molar-refractivity contribution in [1.29, 1.82) is 0 Å². The van der Waals surface area contributed by atoms with Crippen molar-refractivity contribution in [2.75, 3.05) is 20.1 Å². The third-order valence-electron chi connectivity index (χ3n) is 3.22. The highest BCUT2D eigenvalue weighted by Gasteiger charge is 2.05. The first kappa shape index (κ1) is 17.0. The standard InChI is InChI=1S/C15H27ClN2S/c1-12(2)5-6-13(3)17-9-10-18(4)11-14-7-8-15(16)19-14/h7-8,12-13,17H,5-6,9-11H2,1-4H3. The fourth-order valence-corrected chi connectivity index (χ4v) is 3.14. The molecule has 1 unspecified atom stereocenters. The molecule has 1 N–H and O–H groups in total. The molecule has 0 saturated carbocycles. The maximum atomic E-state index is 5.94. The van der Waals surface area contributed by atoms with E-state index in [2.05, 4.69) is 44.1 Å². The van der Waals surface area contributed by atoms with Crippen LogP contribution < -0.4 is 5.32 Å². The Hall–Kier alpha value is -0.0900. The van der Waals surface area contributed by atoms with Crippen LogP contribution in [0.15, 0.2) is 12.1 Å². The first-order valence-corrected chi connectivity index (χ1v) is 8.33. The van der Waals surface area contributed by atoms with Gasteiger partial charge in [-0.2, -0.15) is 0 Å². The summed E-state index contributed by atoms with van der Waals surface area (Å²) in [6.45, 7) is 9.95. The van der Waals surface area contributed by atoms with E-state index in [1.807, 2.05) is 6.07 Å². The second-order valence-electron chi connectivity index (χ2n) is 5.77. The zero-order valence-corrected chi connectivity index (χ0v) is 14.2. The molecular formula is C15H27ClN2S. The van der Waals surface area contributed by atoms with Crippen LogP contribution in [0, 0.1) is 5.92 Å². The summed E-state index contributed by atoms with van der Waals surface area (Å²) in [7, 11) is 2.16. The molecule has 1 heterocycles. The highest BCUT2D eigenvalue weighted by molar-refractivity contribution is 7.16. The van der Waals surface area contributed by atoms with Crippen LogP contribution in [0.25, 0.3) is 0 Å². The molecule has 2 nitrogen and oxygen atoms in total. The molecule has 19 heavy (non-hydrogen) atoms. The van der Waals surface area contributed by atoms with Gasteiger partial charge in [0.25, 0.3) is 0 Å². The van der Waals surface area contributed by atoms with Gasteiger partial charge in [-0.25, -0.2) is 0 Å². The third-order valence-corrected chi connectivity index (χ3v) is 4.43. The van der Waals surface area contributed by atoms with Gasteiger partial charge in [0.15, 0.2) is 0 Å². The van der Waals surface area contributed by atoms with Gasteiger partial charge < -0.3 is 10.2 Å². The van der Waals surface area contributed by atoms with Crippen molar-refractivity contribution < 1.29 is 0 Å². The first-order chi connectivity index (χ1) is 8.97. The van der Waals surface area contributed by atoms with Crippen LogP contribution >= 0.6 is 22.9 Å². The normalized spacial score (nSPS) is 13.4. The van der Waals surface area contributed by atoms with E-state index in [0.717, 1.165) is 29.9 Å². The van der Waals surface area contributed by atoms with Gasteiger partial charge in [0.1, 0.15) is 0 Å². The van der Waals surface area contributed by atoms with Crippen LogP contribution in [0.5, 0.6) is 0 Å². The van der Waals surface area contributed by atoms with Crippen molar-refractivity contribution in [3.63, 3.8) is 0 Å². The van der Waals surface area contributed by atoms with Gasteiger partial charge in [-0.3, -0.25) is 0 Å². The Labute approximate surface area is 127 Å². The zero-order valence-electron chi connectivity index (χ0n) is 12.6. The number of hydrogen-bond donors (Lipinski definition) is 1. The number of likely N-dealkylation sites (N-methyl/N-ethyl adjacent to an activating group) is 1. The predicted octanol–water partition coefficient (Wildman–Crippen LogP) is 4.25. The molecule has 1 aromatic heterocycles. The SMILES string of the molecule is CC(C)CCC(C)NCCN(C)Cc1ccc(Cl)s1. The van der Waals surface area contributed by atoms with E-state index in [4.69, 9.17) is 11.6 Å². The van der Waals surface area contributed by atoms with Crippen LogP contribution in [-0.2, 0) is 6.54 Å². The molecular weight excluding hydrogens is 276 g/mol. The van der Waals surface area contributed by atoms with Crippen molar-refractivity contribution >= 4 is 22.9 Å². The number of nitrogens with one attached hydrogen (secondary N) is 1. The molecule has 0 fully saturated rings. The highest BCUT2D eigenvalue weighted by Crippen LogP contribution is 2.22. The lowest BCUT2D eigenvalue weighted by Crippen LogP contribution is -2.34. The third kappa shape index (κ3) is 7.93. The van der Waals surface area contributed by atoms with Crippen LogP contribution in [-0.4, -0.2) is 31.1 Å². The van der Waals surface area contributed by atoms with Crippen LogP contribution in [0.1, 0.15) is 38.5 Å². The van der Waals surface area contributed by atoms with Gasteiger partial charge in [0, 0.05) is 30.6 Å². The fourth-order valence-electron chi connectivity index (χ4n) is 1.97. The summed E-state index contributed by atoms with van der Waals surface area (Å²) in [6, 6.07) is 4.70. The minimum atomic E-state index is 0.618. The predicted molar refractivity (Wildman–Crippen MR) is 87.2 cm³/mol. The first-order valence-electron chi connectivity index (χ1n) is 7.13. The molecule has 1 aromatic rings. The zero-order chi connectivity index (χ0) is 14.3. The van der Waals surface area contributed by atoms with Crippen molar-refractivity contribution in [3.8, 4) is 0 Å². The van der Waals surface area contributed by atoms with E-state index < -0.39 is 0 Å². The Bertz CT molecular complexity index is 352. The Morgan fingerprint density at radius 3 is 2.58 bits per heavy atom. The molecule has 110 valence electrons. The maximum absolute atomic E-state index is 5.94. The van der Waals surface area contributed by atoms with Crippen molar-refractivity contribution in [2.45, 2.75) is 46.2 Å². The summed E-state index contributed by atoms with van der Waals surface area (Å²) in [4.78, 5) is 3.67. The molecule has 1 atom stereocenters. The van der Waals surface area contributed by atoms with Gasteiger partial charge in [-0.1, -0.05) is 25.4 Å². The van der Waals surface area contributed by atoms with Gasteiger partial charge in [0.2, 0.25) is 0 Å². The molecule has 0 amide bonds. The fraction of sp³-hybridized carbons (Fsp3) is 0.733. The minimum Gasteiger partial charge on any atom is -0.313 e. The molecule has 0 saturated heterocycles. The van der Waals surface area contributed by atoms with E-state index in [1.165, 1.54) is 17.7 Å². The second-order valence-corrected chi connectivity index (χ2v) is 7.57. The molecule has 0 aliphatic carbocycles. The Kier molecular flexibility index (Phi) is 8.00. The molecule has 0 bridgehead atoms. The molecule has 0 aliphatic rings. The topological polar surface area (TPSA) is 15.3 Å². The van der Waals surface area contributed by atoms with Gasteiger partial charge in [-0.15, -0.1) is 11.3 Å². The smallest absolute Gasteiger partial charge is 0.0931 e. The van der Waals surface area contributed by atoms with Gasteiger partial charge in [-0.05, 0) is 44.9 Å². The van der Waals surface area contributed by atoms with E-state index >= 15 is 0 Å². The van der Waals surface area contributed by atoms with Crippen molar-refractivity contribution in [1.82, 2.24) is 10.2 Å². The van der Waals surface area contributed by atoms with Crippen LogP contribution in [0.2, 0.25) is 4.34 Å². The maximum Gasteiger partial charge on any atom is 0.0931 e. The molecule has 0 aromatic carbocycles. The van der Waals surface area contributed by atoms with Gasteiger partial charge in [0.05, 0.1) is 4.34 Å². The molecule has 0 aliphatic heterocycles. The Balaban J connectivity index is 2.11. The molecule has 4 heteroatoms. The monoisotopic (exact) mass is 302 g/mol. The highest BCUT2D eigenvalue weighted by atomic mass is 35.5. The quantitative estimate of drug-likeness (QED) is 0.733. The lowest BCUT2D eigenvalue weighted by molar-refractivity contribution is 0.316. The molecule has 0 radical (unpaired) electrons. The lowest BCUT2D eigenvalue weighted by atomic mass is 10.0. The Morgan fingerprint density at radius 2 is 2.00 bits per heavy atom. The number of halogens is 1. The summed E-state index contributed by atoms with van der Waals surface area (Å²) in [6.07, 6.45) is 2.57. The number of rotatable bonds is 9. The Morgan fingerprint density at radius 1 is 1.26 bits per heavy atom. The number of hydrogen-bond acceptors (Lipinski definition) is 3. The number of thiophene rings is 1. The van der Waals surface area contributed by atoms with Gasteiger partial charge >= 0.3 is 0 Å². The average molecular weight is 303 g/mol. The van der Waals surface area contributed by atoms with Crippen molar-refractivity contribution in [3.05, 3.63) is 21.3 Å². The minimum absolute atomic E-state index is 0.618. The van der Waals surface area contributed by atoms with E-state index in [1.54, 1.807) is 11.3 Å². The second kappa shape index (κ2) is 8.96. The van der Waals surface area contributed by atoms with E-state index in [0.29, 0.717) is 6.04 Å². The van der Waals surface area contributed by atoms with Crippen LogP contribution in [0.3, 0.4) is 0 Å². The largest absolute Gasteiger partial charge is 0.313 e. The van der Waals surface area contributed by atoms with Crippen LogP contribution in [0.4, 0.5) is 0 Å². The molecule has 0 spiro atoms. The summed E-state index contributed by atoms with van der Waals surface area (Å²) >= 11 is 7.61. The summed E-state index contributed by atoms with van der Waals surface area (Å²) in [5.41, 5.74) is 0. The summed E-state index contributed by atoms with van der Waals surface area (Å²) in [5.74, 6) is 0.801.